The second-order valence-corrected chi connectivity index (χ2v) is 19.1. The van der Waals surface area contributed by atoms with Gasteiger partial charge in [0, 0.05) is 86.2 Å². The van der Waals surface area contributed by atoms with E-state index < -0.39 is 23.5 Å². The van der Waals surface area contributed by atoms with Gasteiger partial charge >= 0.3 is 0 Å². The molecule has 1 aromatic heterocycles. The number of aryl methyl sites for hydroxylation is 1. The molecule has 8 rings (SSSR count). The first-order chi connectivity index (χ1) is 31.9. The molecule has 360 valence electrons. The van der Waals surface area contributed by atoms with Gasteiger partial charge in [0.25, 0.3) is 6.43 Å². The molecule has 0 bridgehead atoms. The van der Waals surface area contributed by atoms with Gasteiger partial charge in [-0.2, -0.15) is 0 Å². The van der Waals surface area contributed by atoms with Crippen molar-refractivity contribution >= 4 is 47.2 Å². The molecule has 3 atom stereocenters. The molecule has 4 heterocycles. The number of amides is 1. The highest BCUT2D eigenvalue weighted by Crippen LogP contribution is 2.43. The second kappa shape index (κ2) is 26.0. The number of H-pyrrole nitrogens is 1. The highest BCUT2D eigenvalue weighted by molar-refractivity contribution is 7.81. The molecule has 3 aliphatic heterocycles. The first-order valence-electron chi connectivity index (χ1n) is 23.3. The van der Waals surface area contributed by atoms with Crippen molar-refractivity contribution < 1.29 is 36.9 Å². The number of carbonyl (C=O) groups is 4. The Hall–Kier alpha value is -4.67. The fourth-order valence-electron chi connectivity index (χ4n) is 9.81. The maximum absolute atomic E-state index is 13.5. The summed E-state index contributed by atoms with van der Waals surface area (Å²) < 4.78 is 46.4. The van der Waals surface area contributed by atoms with Crippen LogP contribution in [0.2, 0.25) is 0 Å². The smallest absolute Gasteiger partial charge is 0.251 e. The third-order valence-electron chi connectivity index (χ3n) is 13.3. The topological polar surface area (TPSA) is 135 Å². The van der Waals surface area contributed by atoms with Gasteiger partial charge in [0.15, 0.2) is 0 Å². The Labute approximate surface area is 392 Å². The van der Waals surface area contributed by atoms with Gasteiger partial charge in [0.1, 0.15) is 24.6 Å². The largest absolute Gasteiger partial charge is 0.496 e. The van der Waals surface area contributed by atoms with Crippen LogP contribution in [0, 0.1) is 6.92 Å². The maximum Gasteiger partial charge on any atom is 0.251 e. The number of fused-ring (bicyclic) bond motifs is 4. The Morgan fingerprint density at radius 3 is 2.23 bits per heavy atom. The van der Waals surface area contributed by atoms with E-state index in [4.69, 9.17) is 4.74 Å². The van der Waals surface area contributed by atoms with Crippen LogP contribution in [0.1, 0.15) is 119 Å². The first-order valence-corrected chi connectivity index (χ1v) is 24.8. The number of likely N-dealkylation sites (N-methyl/N-ethyl adjacent to an activating group) is 1. The molecule has 1 aliphatic carbocycles. The molecule has 1 saturated heterocycles. The summed E-state index contributed by atoms with van der Waals surface area (Å²) in [6.45, 7) is 6.12. The van der Waals surface area contributed by atoms with Crippen LogP contribution in [-0.4, -0.2) is 133 Å². The lowest BCUT2D eigenvalue weighted by Crippen LogP contribution is -2.43. The van der Waals surface area contributed by atoms with Gasteiger partial charge in [-0.15, -0.1) is 0 Å². The Kier molecular flexibility index (Phi) is 20.6. The zero-order chi connectivity index (χ0) is 47.8. The van der Waals surface area contributed by atoms with Crippen molar-refractivity contribution in [2.45, 2.75) is 115 Å². The minimum Gasteiger partial charge on any atom is -0.496 e. The molecule has 12 nitrogen and oxygen atoms in total. The summed E-state index contributed by atoms with van der Waals surface area (Å²) in [5.74, 6) is 1.38. The van der Waals surface area contributed by atoms with Gasteiger partial charge in [0.05, 0.1) is 36.7 Å². The van der Waals surface area contributed by atoms with Gasteiger partial charge in [0.2, 0.25) is 6.41 Å². The molecule has 15 heteroatoms. The number of benzene rings is 3. The van der Waals surface area contributed by atoms with Crippen LogP contribution in [0.4, 0.5) is 8.78 Å². The number of ether oxygens (including phenoxy) is 1. The SMILES string of the molecule is CN(C=O)C(C=O)CCC=O.CNC.COc1cc(C2CCCCC2)ccc1C1c2[nH]c3ccccc3c2CCN1CC(F)F.Cc1cc2c(cc1C=O)CN(C1CCN(S(C)=O)CC1)C2. The molecular formula is C51H70F2N6O6S. The molecule has 0 radical (unpaired) electrons. The van der Waals surface area contributed by atoms with E-state index in [0.29, 0.717) is 44.0 Å². The molecule has 2 N–H and O–H groups in total. The number of aromatic nitrogens is 1. The van der Waals surface area contributed by atoms with Gasteiger partial charge in [-0.3, -0.25) is 19.4 Å². The lowest BCUT2D eigenvalue weighted by Gasteiger charge is -2.36. The summed E-state index contributed by atoms with van der Waals surface area (Å²) in [5, 5.41) is 3.94. The van der Waals surface area contributed by atoms with Crippen molar-refractivity contribution in [3.05, 3.63) is 99.2 Å². The van der Waals surface area contributed by atoms with Crippen LogP contribution >= 0.6 is 0 Å². The van der Waals surface area contributed by atoms with Crippen molar-refractivity contribution in [3.8, 4) is 5.75 Å². The molecule has 1 amide bonds. The fraction of sp³-hybridized carbons (Fsp3) is 0.529. The summed E-state index contributed by atoms with van der Waals surface area (Å²) in [6, 6.07) is 18.8. The second-order valence-electron chi connectivity index (χ2n) is 17.7. The van der Waals surface area contributed by atoms with Crippen molar-refractivity contribution in [2.24, 2.45) is 0 Å². The predicted octanol–water partition coefficient (Wildman–Crippen LogP) is 7.77. The lowest BCUT2D eigenvalue weighted by molar-refractivity contribution is -0.124. The van der Waals surface area contributed by atoms with Crippen LogP contribution < -0.4 is 10.1 Å². The van der Waals surface area contributed by atoms with Crippen molar-refractivity contribution in [3.63, 3.8) is 0 Å². The Morgan fingerprint density at radius 1 is 0.939 bits per heavy atom. The van der Waals surface area contributed by atoms with Crippen molar-refractivity contribution in [2.75, 3.05) is 60.7 Å². The lowest BCUT2D eigenvalue weighted by atomic mass is 9.83. The number of alkyl halides is 2. The third-order valence-corrected chi connectivity index (χ3v) is 14.4. The normalized spacial score (nSPS) is 18.8. The minimum absolute atomic E-state index is 0.243. The molecule has 3 unspecified atom stereocenters. The number of methoxy groups -OCH3 is 1. The van der Waals surface area contributed by atoms with E-state index in [9.17, 15) is 32.2 Å². The number of hydrogen-bond donors (Lipinski definition) is 2. The summed E-state index contributed by atoms with van der Waals surface area (Å²) >= 11 is 0. The van der Waals surface area contributed by atoms with Crippen LogP contribution in [0.3, 0.4) is 0 Å². The van der Waals surface area contributed by atoms with Crippen LogP contribution in [0.5, 0.6) is 5.75 Å². The number of carbonyl (C=O) groups excluding carboxylic acids is 4. The van der Waals surface area contributed by atoms with Crippen LogP contribution in [0.15, 0.2) is 54.6 Å². The van der Waals surface area contributed by atoms with Gasteiger partial charge in [-0.25, -0.2) is 17.3 Å². The van der Waals surface area contributed by atoms with Gasteiger partial charge in [-0.05, 0) is 111 Å². The molecule has 2 fully saturated rings. The van der Waals surface area contributed by atoms with Crippen molar-refractivity contribution in [1.82, 2.24) is 29.3 Å². The number of rotatable bonds is 14. The summed E-state index contributed by atoms with van der Waals surface area (Å²) in [7, 11) is 6.11. The standard InChI is InChI=1S/C26H30F2N2O.C16H22N2O2S.C7H11NO3.C2H7N/c1-31-23-15-18(17-7-3-2-4-8-17)11-12-21(23)26-25-20(13-14-30(26)16-24(27)28)19-9-5-6-10-22(19)29-25;1-12-7-13-9-17(10-14(13)8-15(12)11-19)16-3-5-18(6-4-16)21(2)20;1-8(6-11)7(5-10)3-2-4-9;1-3-2/h5-6,9-12,15,17,24,26,29H,2-4,7-8,13-14,16H2,1H3;7-8,11,16H,3-6,9-10H2,1-2H3;4-7H,2-3H2,1H3;3H,1-2H3. The predicted molar refractivity (Wildman–Crippen MR) is 259 cm³/mol. The number of nitrogens with one attached hydrogen (secondary N) is 2. The number of aromatic amines is 1. The van der Waals surface area contributed by atoms with E-state index in [0.717, 1.165) is 91.7 Å². The van der Waals surface area contributed by atoms with Gasteiger partial charge in [-0.1, -0.05) is 55.7 Å². The maximum atomic E-state index is 13.5. The van der Waals surface area contributed by atoms with Gasteiger partial charge < -0.3 is 29.5 Å². The summed E-state index contributed by atoms with van der Waals surface area (Å²) in [6.07, 6.45) is 12.2. The monoisotopic (exact) mass is 933 g/mol. The highest BCUT2D eigenvalue weighted by Gasteiger charge is 2.35. The van der Waals surface area contributed by atoms with E-state index in [-0.39, 0.29) is 12.6 Å². The Morgan fingerprint density at radius 2 is 1.62 bits per heavy atom. The third kappa shape index (κ3) is 13.5. The molecule has 3 aromatic carbocycles. The Balaban J connectivity index is 0.000000201. The zero-order valence-electron chi connectivity index (χ0n) is 39.6. The van der Waals surface area contributed by atoms with Crippen LogP contribution in [0.25, 0.3) is 10.9 Å². The number of nitrogens with zero attached hydrogens (tertiary/aromatic N) is 4. The fourth-order valence-corrected chi connectivity index (χ4v) is 10.5. The summed E-state index contributed by atoms with van der Waals surface area (Å²) in [4.78, 5) is 50.6. The quantitative estimate of drug-likeness (QED) is 0.122. The number of aldehydes is 3. The number of hydrogen-bond acceptors (Lipinski definition) is 9. The number of piperidine rings is 1. The molecule has 0 spiro atoms. The van der Waals surface area contributed by atoms with E-state index in [1.807, 2.05) is 48.4 Å². The minimum atomic E-state index is -2.37. The molecule has 1 saturated carbocycles. The zero-order valence-corrected chi connectivity index (χ0v) is 40.4. The van der Waals surface area contributed by atoms with E-state index in [2.05, 4.69) is 51.6 Å². The Bertz CT molecular complexity index is 2230. The number of halogens is 2. The molecule has 4 aromatic rings. The summed E-state index contributed by atoms with van der Waals surface area (Å²) in [5.41, 5.74) is 10.1. The van der Waals surface area contributed by atoms with E-state index in [1.54, 1.807) is 13.4 Å². The first kappa shape index (κ1) is 52.3. The average Bonchev–Trinajstić information content (AvgIpc) is 3.93. The van der Waals surface area contributed by atoms with E-state index >= 15 is 0 Å². The average molecular weight is 933 g/mol. The van der Waals surface area contributed by atoms with E-state index in [1.165, 1.54) is 71.7 Å². The highest BCUT2D eigenvalue weighted by atomic mass is 32.2. The molecule has 4 aliphatic rings. The molecular weight excluding hydrogens is 863 g/mol. The number of para-hydroxylation sites is 1. The van der Waals surface area contributed by atoms with Crippen molar-refractivity contribution in [1.29, 1.82) is 0 Å². The van der Waals surface area contributed by atoms with Crippen LogP contribution in [-0.2, 0) is 44.9 Å². The molecule has 66 heavy (non-hydrogen) atoms.